The largest absolute Gasteiger partial charge is 0.378 e. The first-order chi connectivity index (χ1) is 14.1. The third-order valence-corrected chi connectivity index (χ3v) is 5.74. The Morgan fingerprint density at radius 1 is 1.38 bits per heavy atom. The Balaban J connectivity index is 1.74. The molecule has 2 aromatic heterocycles. The fourth-order valence-electron chi connectivity index (χ4n) is 2.95. The molecule has 1 N–H and O–H groups in total. The molecule has 7 heteroatoms. The monoisotopic (exact) mass is 409 g/mol. The minimum atomic E-state index is 0.520. The Morgan fingerprint density at radius 2 is 2.17 bits per heavy atom. The van der Waals surface area contributed by atoms with E-state index in [1.807, 2.05) is 31.3 Å². The fraction of sp³-hybridized carbons (Fsp3) is 0.318. The van der Waals surface area contributed by atoms with Crippen molar-refractivity contribution in [2.45, 2.75) is 20.3 Å². The lowest BCUT2D eigenvalue weighted by atomic mass is 10.2. The summed E-state index contributed by atoms with van der Waals surface area (Å²) in [7, 11) is 0. The van der Waals surface area contributed by atoms with Gasteiger partial charge in [0.25, 0.3) is 0 Å². The lowest BCUT2D eigenvalue weighted by molar-refractivity contribution is 0.122. The number of hydrogen-bond donors (Lipinski definition) is 1. The number of morpholine rings is 1. The number of ether oxygens (including phenoxy) is 1. The van der Waals surface area contributed by atoms with Gasteiger partial charge in [0.1, 0.15) is 11.6 Å². The molecular formula is C22H27N5OS. The highest BCUT2D eigenvalue weighted by molar-refractivity contribution is 7.14. The molecule has 1 aliphatic rings. The Hall–Kier alpha value is -2.77. The van der Waals surface area contributed by atoms with E-state index in [1.165, 1.54) is 0 Å². The van der Waals surface area contributed by atoms with Crippen molar-refractivity contribution in [1.82, 2.24) is 9.97 Å². The van der Waals surface area contributed by atoms with Gasteiger partial charge < -0.3 is 15.0 Å². The van der Waals surface area contributed by atoms with Crippen LogP contribution in [-0.4, -0.2) is 42.0 Å². The molecule has 0 saturated carbocycles. The van der Waals surface area contributed by atoms with Crippen LogP contribution in [-0.2, 0) is 11.2 Å². The predicted molar refractivity (Wildman–Crippen MR) is 122 cm³/mol. The standard InChI is InChI=1S/C22H27N5OS/c1-5-7-8-19(22-16(3)24-21(6-2)29-22)25-17(4)26-20-10-9-18(15-23-20)27-11-13-28-14-12-27/h5,7-10,15H,1,4,6,11-14H2,2-3H3,(H,23,26)/b8-7-,25-19+. The van der Waals surface area contributed by atoms with E-state index < -0.39 is 0 Å². The van der Waals surface area contributed by atoms with Crippen LogP contribution in [0.1, 0.15) is 22.5 Å². The molecule has 0 atom stereocenters. The predicted octanol–water partition coefficient (Wildman–Crippen LogP) is 4.36. The SMILES string of the molecule is C=C/C=C\C(=N/C(=C)Nc1ccc(N2CCOCC2)cn1)c1sc(CC)nc1C. The first-order valence-corrected chi connectivity index (χ1v) is 10.5. The number of aryl methyl sites for hydroxylation is 2. The first-order valence-electron chi connectivity index (χ1n) is 9.70. The Labute approximate surface area is 176 Å². The molecule has 152 valence electrons. The van der Waals surface area contributed by atoms with Crippen molar-refractivity contribution >= 4 is 28.6 Å². The van der Waals surface area contributed by atoms with Crippen molar-refractivity contribution in [2.24, 2.45) is 4.99 Å². The summed E-state index contributed by atoms with van der Waals surface area (Å²) in [5, 5.41) is 4.27. The van der Waals surface area contributed by atoms with Gasteiger partial charge in [-0.2, -0.15) is 0 Å². The summed E-state index contributed by atoms with van der Waals surface area (Å²) in [6.07, 6.45) is 8.29. The highest BCUT2D eigenvalue weighted by atomic mass is 32.1. The van der Waals surface area contributed by atoms with Gasteiger partial charge in [-0.1, -0.05) is 32.2 Å². The van der Waals surface area contributed by atoms with Gasteiger partial charge in [-0.3, -0.25) is 0 Å². The number of nitrogens with zero attached hydrogens (tertiary/aromatic N) is 4. The zero-order valence-corrected chi connectivity index (χ0v) is 17.8. The van der Waals surface area contributed by atoms with Crippen LogP contribution in [0.2, 0.25) is 0 Å². The van der Waals surface area contributed by atoms with Gasteiger partial charge in [0.05, 0.1) is 46.4 Å². The van der Waals surface area contributed by atoms with Crippen molar-refractivity contribution in [3.63, 3.8) is 0 Å². The molecule has 1 saturated heterocycles. The van der Waals surface area contributed by atoms with Crippen LogP contribution in [0.15, 0.2) is 60.5 Å². The summed E-state index contributed by atoms with van der Waals surface area (Å²) in [5.74, 6) is 1.23. The second-order valence-electron chi connectivity index (χ2n) is 6.54. The Kier molecular flexibility index (Phi) is 7.32. The summed E-state index contributed by atoms with van der Waals surface area (Å²) in [6, 6.07) is 3.99. The van der Waals surface area contributed by atoms with Crippen molar-refractivity contribution in [3.8, 4) is 0 Å². The zero-order chi connectivity index (χ0) is 20.6. The van der Waals surface area contributed by atoms with Gasteiger partial charge in [-0.15, -0.1) is 11.3 Å². The number of aromatic nitrogens is 2. The molecule has 0 aliphatic carbocycles. The maximum Gasteiger partial charge on any atom is 0.131 e. The molecule has 0 amide bonds. The van der Waals surface area contributed by atoms with E-state index in [0.717, 1.165) is 59.7 Å². The summed E-state index contributed by atoms with van der Waals surface area (Å²) < 4.78 is 5.40. The zero-order valence-electron chi connectivity index (χ0n) is 17.0. The first kappa shape index (κ1) is 21.0. The number of allylic oxidation sites excluding steroid dienone is 3. The fourth-order valence-corrected chi connectivity index (χ4v) is 3.93. The smallest absolute Gasteiger partial charge is 0.131 e. The molecule has 3 heterocycles. The van der Waals surface area contributed by atoms with Crippen LogP contribution >= 0.6 is 11.3 Å². The third kappa shape index (κ3) is 5.62. The van der Waals surface area contributed by atoms with Gasteiger partial charge in [-0.25, -0.2) is 15.0 Å². The quantitative estimate of drug-likeness (QED) is 0.518. The lowest BCUT2D eigenvalue weighted by Crippen LogP contribution is -2.36. The topological polar surface area (TPSA) is 62.6 Å². The molecule has 0 spiro atoms. The average molecular weight is 410 g/mol. The molecule has 0 unspecified atom stereocenters. The molecule has 29 heavy (non-hydrogen) atoms. The second-order valence-corrected chi connectivity index (χ2v) is 7.62. The van der Waals surface area contributed by atoms with Gasteiger partial charge in [0.15, 0.2) is 0 Å². The van der Waals surface area contributed by atoms with E-state index in [9.17, 15) is 0 Å². The molecule has 3 rings (SSSR count). The second kappa shape index (κ2) is 10.1. The van der Waals surface area contributed by atoms with E-state index in [1.54, 1.807) is 17.4 Å². The molecule has 6 nitrogen and oxygen atoms in total. The van der Waals surface area contributed by atoms with Crippen LogP contribution in [0.5, 0.6) is 0 Å². The minimum absolute atomic E-state index is 0.520. The van der Waals surface area contributed by atoms with Gasteiger partial charge in [0, 0.05) is 13.1 Å². The molecule has 1 aliphatic heterocycles. The summed E-state index contributed by atoms with van der Waals surface area (Å²) in [5.41, 5.74) is 2.87. The van der Waals surface area contributed by atoms with Crippen LogP contribution in [0.25, 0.3) is 0 Å². The molecule has 2 aromatic rings. The number of anilines is 2. The van der Waals surface area contributed by atoms with Crippen LogP contribution in [0.3, 0.4) is 0 Å². The number of rotatable bonds is 8. The summed E-state index contributed by atoms with van der Waals surface area (Å²) in [6.45, 7) is 15.2. The van der Waals surface area contributed by atoms with Crippen molar-refractivity contribution in [3.05, 3.63) is 71.1 Å². The minimum Gasteiger partial charge on any atom is -0.378 e. The number of thiazole rings is 1. The van der Waals surface area contributed by atoms with Crippen molar-refractivity contribution < 1.29 is 4.74 Å². The number of aliphatic imine (C=N–C) groups is 1. The molecular weight excluding hydrogens is 382 g/mol. The maximum absolute atomic E-state index is 5.40. The van der Waals surface area contributed by atoms with Gasteiger partial charge in [0.2, 0.25) is 0 Å². The van der Waals surface area contributed by atoms with E-state index in [-0.39, 0.29) is 0 Å². The summed E-state index contributed by atoms with van der Waals surface area (Å²) >= 11 is 1.66. The highest BCUT2D eigenvalue weighted by Crippen LogP contribution is 2.22. The van der Waals surface area contributed by atoms with E-state index in [2.05, 4.69) is 51.3 Å². The number of nitrogens with one attached hydrogen (secondary N) is 1. The number of pyridine rings is 1. The van der Waals surface area contributed by atoms with Crippen LogP contribution < -0.4 is 10.2 Å². The average Bonchev–Trinajstić information content (AvgIpc) is 3.13. The molecule has 1 fully saturated rings. The van der Waals surface area contributed by atoms with Crippen LogP contribution in [0, 0.1) is 6.92 Å². The van der Waals surface area contributed by atoms with E-state index in [4.69, 9.17) is 4.74 Å². The van der Waals surface area contributed by atoms with Gasteiger partial charge >= 0.3 is 0 Å². The Bertz CT molecular complexity index is 908. The highest BCUT2D eigenvalue weighted by Gasteiger charge is 2.13. The van der Waals surface area contributed by atoms with E-state index in [0.29, 0.717) is 11.6 Å². The van der Waals surface area contributed by atoms with Crippen molar-refractivity contribution in [2.75, 3.05) is 36.5 Å². The summed E-state index contributed by atoms with van der Waals surface area (Å²) in [4.78, 5) is 17.1. The Morgan fingerprint density at radius 3 is 2.79 bits per heavy atom. The third-order valence-electron chi connectivity index (χ3n) is 4.42. The molecule has 0 bridgehead atoms. The van der Waals surface area contributed by atoms with Gasteiger partial charge in [-0.05, 0) is 31.6 Å². The molecule has 0 radical (unpaired) electrons. The van der Waals surface area contributed by atoms with E-state index >= 15 is 0 Å². The maximum atomic E-state index is 5.40. The lowest BCUT2D eigenvalue weighted by Gasteiger charge is -2.28. The molecule has 0 aromatic carbocycles. The van der Waals surface area contributed by atoms with Crippen molar-refractivity contribution in [1.29, 1.82) is 0 Å². The number of hydrogen-bond acceptors (Lipinski definition) is 7. The normalized spacial score (nSPS) is 15.0. The van der Waals surface area contributed by atoms with Crippen LogP contribution in [0.4, 0.5) is 11.5 Å².